The minimum atomic E-state index is -0.840. The fourth-order valence-electron chi connectivity index (χ4n) is 9.51. The minimum Gasteiger partial charge on any atom is -0.466 e. The first kappa shape index (κ1) is 66.3. The van der Waals surface area contributed by atoms with Crippen LogP contribution in [-0.4, -0.2) is 47.4 Å². The summed E-state index contributed by atoms with van der Waals surface area (Å²) in [5, 5.41) is 22.9. The van der Waals surface area contributed by atoms with Crippen molar-refractivity contribution in [3.8, 4) is 0 Å². The number of aliphatic hydroxyl groups excluding tert-OH is 2. The Morgan fingerprint density at radius 1 is 0.397 bits per heavy atom. The number of allylic oxidation sites excluding steroid dienone is 3. The summed E-state index contributed by atoms with van der Waals surface area (Å²) < 4.78 is 5.47. The van der Waals surface area contributed by atoms with Crippen molar-refractivity contribution in [2.75, 3.05) is 13.2 Å². The van der Waals surface area contributed by atoms with Gasteiger partial charge in [0.1, 0.15) is 0 Å². The maximum Gasteiger partial charge on any atom is 0.305 e. The molecular weight excluding hydrogens is 839 g/mol. The van der Waals surface area contributed by atoms with Crippen molar-refractivity contribution in [3.05, 3.63) is 24.3 Å². The first-order chi connectivity index (χ1) is 33.5. The number of esters is 1. The van der Waals surface area contributed by atoms with E-state index in [2.05, 4.69) is 31.3 Å². The molecule has 0 aromatic heterocycles. The van der Waals surface area contributed by atoms with Gasteiger partial charge in [0.25, 0.3) is 0 Å². The summed E-state index contributed by atoms with van der Waals surface area (Å²) in [6.07, 6.45) is 71.0. The van der Waals surface area contributed by atoms with E-state index in [-0.39, 0.29) is 18.5 Å². The van der Waals surface area contributed by atoms with Gasteiger partial charge in [0, 0.05) is 12.8 Å². The molecule has 2 unspecified atom stereocenters. The summed E-state index contributed by atoms with van der Waals surface area (Å²) in [4.78, 5) is 24.4. The average molecular weight is 959 g/mol. The monoisotopic (exact) mass is 958 g/mol. The smallest absolute Gasteiger partial charge is 0.305 e. The van der Waals surface area contributed by atoms with E-state index in [0.717, 1.165) is 38.5 Å². The van der Waals surface area contributed by atoms with Gasteiger partial charge >= 0.3 is 5.97 Å². The average Bonchev–Trinajstić information content (AvgIpc) is 3.34. The van der Waals surface area contributed by atoms with Gasteiger partial charge in [0.05, 0.1) is 25.4 Å². The lowest BCUT2D eigenvalue weighted by Crippen LogP contribution is -2.45. The third kappa shape index (κ3) is 53.7. The zero-order valence-corrected chi connectivity index (χ0v) is 45.9. The molecule has 1 amide bonds. The standard InChI is InChI=1S/C62H119NO5/c1-3-5-7-9-11-13-35-40-44-48-52-56-62(67)68-57-53-49-45-41-37-34-32-30-28-26-24-22-20-18-16-14-15-17-19-21-23-25-27-29-31-33-36-39-43-47-51-55-61(66)63-59(58-64)60(65)54-50-46-42-38-12-10-8-6-4-2/h16,18,50,54,59-60,64-65H,3-15,17,19-49,51-53,55-58H2,1-2H3,(H,63,66)/b18-16-,54-50+. The van der Waals surface area contributed by atoms with E-state index in [0.29, 0.717) is 19.4 Å². The molecule has 68 heavy (non-hydrogen) atoms. The van der Waals surface area contributed by atoms with Crippen LogP contribution in [0.15, 0.2) is 24.3 Å². The van der Waals surface area contributed by atoms with Crippen molar-refractivity contribution in [3.63, 3.8) is 0 Å². The molecule has 3 N–H and O–H groups in total. The van der Waals surface area contributed by atoms with Gasteiger partial charge in [0.2, 0.25) is 5.91 Å². The van der Waals surface area contributed by atoms with Gasteiger partial charge in [-0.1, -0.05) is 289 Å². The Labute approximate surface area is 424 Å². The van der Waals surface area contributed by atoms with Crippen LogP contribution in [0.2, 0.25) is 0 Å². The fourth-order valence-corrected chi connectivity index (χ4v) is 9.51. The van der Waals surface area contributed by atoms with Crippen LogP contribution >= 0.6 is 0 Å². The van der Waals surface area contributed by atoms with E-state index in [4.69, 9.17) is 4.74 Å². The Morgan fingerprint density at radius 3 is 1.04 bits per heavy atom. The molecule has 0 bridgehead atoms. The molecule has 0 fully saturated rings. The summed E-state index contributed by atoms with van der Waals surface area (Å²) in [7, 11) is 0. The van der Waals surface area contributed by atoms with Crippen LogP contribution in [-0.2, 0) is 14.3 Å². The lowest BCUT2D eigenvalue weighted by Gasteiger charge is -2.20. The van der Waals surface area contributed by atoms with Crippen LogP contribution in [0.25, 0.3) is 0 Å². The highest BCUT2D eigenvalue weighted by atomic mass is 16.5. The molecule has 402 valence electrons. The molecule has 0 aromatic carbocycles. The van der Waals surface area contributed by atoms with Crippen LogP contribution in [0.3, 0.4) is 0 Å². The maximum absolute atomic E-state index is 12.4. The quantitative estimate of drug-likeness (QED) is 0.0321. The molecule has 0 saturated heterocycles. The summed E-state index contributed by atoms with van der Waals surface area (Å²) in [6.45, 7) is 4.89. The molecule has 0 saturated carbocycles. The van der Waals surface area contributed by atoms with Crippen LogP contribution in [0.1, 0.15) is 335 Å². The Hall–Kier alpha value is -1.66. The predicted octanol–water partition coefficient (Wildman–Crippen LogP) is 19.0. The van der Waals surface area contributed by atoms with Crippen LogP contribution in [0, 0.1) is 0 Å². The second kappa shape index (κ2) is 57.9. The van der Waals surface area contributed by atoms with Crippen molar-refractivity contribution in [1.29, 1.82) is 0 Å². The first-order valence-electron chi connectivity index (χ1n) is 30.6. The Bertz CT molecular complexity index is 1060. The van der Waals surface area contributed by atoms with Crippen LogP contribution in [0.5, 0.6) is 0 Å². The molecule has 0 rings (SSSR count). The molecule has 0 spiro atoms. The van der Waals surface area contributed by atoms with Gasteiger partial charge in [-0.05, 0) is 57.8 Å². The second-order valence-electron chi connectivity index (χ2n) is 21.0. The number of carbonyl (C=O) groups excluding carboxylic acids is 2. The van der Waals surface area contributed by atoms with Gasteiger partial charge in [0.15, 0.2) is 0 Å². The summed E-state index contributed by atoms with van der Waals surface area (Å²) in [5.74, 6) is -0.0507. The lowest BCUT2D eigenvalue weighted by atomic mass is 10.0. The highest BCUT2D eigenvalue weighted by molar-refractivity contribution is 5.76. The van der Waals surface area contributed by atoms with E-state index in [9.17, 15) is 19.8 Å². The van der Waals surface area contributed by atoms with Crippen molar-refractivity contribution in [2.45, 2.75) is 347 Å². The van der Waals surface area contributed by atoms with Crippen molar-refractivity contribution < 1.29 is 24.5 Å². The molecule has 0 aliphatic rings. The number of ether oxygens (including phenoxy) is 1. The fraction of sp³-hybridized carbons (Fsp3) is 0.903. The van der Waals surface area contributed by atoms with E-state index >= 15 is 0 Å². The van der Waals surface area contributed by atoms with E-state index in [1.807, 2.05) is 6.08 Å². The Kier molecular flexibility index (Phi) is 56.5. The van der Waals surface area contributed by atoms with Gasteiger partial charge in [-0.3, -0.25) is 9.59 Å². The van der Waals surface area contributed by atoms with E-state index in [1.54, 1.807) is 6.08 Å². The second-order valence-corrected chi connectivity index (χ2v) is 21.0. The molecule has 2 atom stereocenters. The number of aliphatic hydroxyl groups is 2. The highest BCUT2D eigenvalue weighted by Gasteiger charge is 2.18. The zero-order valence-electron chi connectivity index (χ0n) is 45.9. The molecule has 6 heteroatoms. The molecule has 0 radical (unpaired) electrons. The summed E-state index contributed by atoms with van der Waals surface area (Å²) in [5.41, 5.74) is 0. The van der Waals surface area contributed by atoms with E-state index in [1.165, 1.54) is 270 Å². The zero-order chi connectivity index (χ0) is 49.3. The number of rotatable bonds is 57. The number of carbonyl (C=O) groups is 2. The predicted molar refractivity (Wildman–Crippen MR) is 296 cm³/mol. The number of unbranched alkanes of at least 4 members (excludes halogenated alkanes) is 44. The third-order valence-corrected chi connectivity index (χ3v) is 14.2. The van der Waals surface area contributed by atoms with Crippen molar-refractivity contribution in [1.82, 2.24) is 5.32 Å². The Morgan fingerprint density at radius 2 is 0.691 bits per heavy atom. The molecule has 0 aliphatic carbocycles. The number of amides is 1. The number of hydrogen-bond acceptors (Lipinski definition) is 5. The number of hydrogen-bond donors (Lipinski definition) is 3. The molecular formula is C62H119NO5. The Balaban J connectivity index is 3.34. The molecule has 0 aromatic rings. The highest BCUT2D eigenvalue weighted by Crippen LogP contribution is 2.17. The first-order valence-corrected chi connectivity index (χ1v) is 30.6. The number of nitrogens with one attached hydrogen (secondary N) is 1. The normalized spacial score (nSPS) is 12.7. The van der Waals surface area contributed by atoms with Gasteiger partial charge in [-0.2, -0.15) is 0 Å². The van der Waals surface area contributed by atoms with Crippen molar-refractivity contribution >= 4 is 11.9 Å². The lowest BCUT2D eigenvalue weighted by molar-refractivity contribution is -0.143. The van der Waals surface area contributed by atoms with Crippen LogP contribution < -0.4 is 5.32 Å². The topological polar surface area (TPSA) is 95.9 Å². The van der Waals surface area contributed by atoms with Gasteiger partial charge < -0.3 is 20.3 Å². The largest absolute Gasteiger partial charge is 0.466 e. The molecule has 6 nitrogen and oxygen atoms in total. The van der Waals surface area contributed by atoms with Crippen LogP contribution in [0.4, 0.5) is 0 Å². The summed E-state index contributed by atoms with van der Waals surface area (Å²) in [6, 6.07) is -0.623. The minimum absolute atomic E-state index is 0.0171. The third-order valence-electron chi connectivity index (χ3n) is 14.2. The maximum atomic E-state index is 12.4. The molecule has 0 heterocycles. The molecule has 0 aliphatic heterocycles. The SMILES string of the molecule is CCCCCCCCC/C=C/C(O)C(CO)NC(=O)CCCCCCCCCCCCCCCCC/C=C\CCCCCCCCCCCCCCOC(=O)CCCCCCCCCCCCC. The van der Waals surface area contributed by atoms with Gasteiger partial charge in [-0.15, -0.1) is 0 Å². The van der Waals surface area contributed by atoms with Crippen molar-refractivity contribution in [2.24, 2.45) is 0 Å². The van der Waals surface area contributed by atoms with E-state index < -0.39 is 12.1 Å². The van der Waals surface area contributed by atoms with Gasteiger partial charge in [-0.25, -0.2) is 0 Å². The summed E-state index contributed by atoms with van der Waals surface area (Å²) >= 11 is 0.